The van der Waals surface area contributed by atoms with Gasteiger partial charge in [0.1, 0.15) is 10.7 Å². The number of anilines is 1. The average molecular weight is 285 g/mol. The molecule has 0 saturated heterocycles. The number of thioether (sulfide) groups is 1. The molecule has 2 N–H and O–H groups in total. The molecule has 5 nitrogen and oxygen atoms in total. The number of hydrogen-bond donors (Lipinski definition) is 1. The summed E-state index contributed by atoms with van der Waals surface area (Å²) in [6.45, 7) is 0. The molecule has 1 heterocycles. The molecule has 0 saturated carbocycles. The molecule has 0 aliphatic carbocycles. The summed E-state index contributed by atoms with van der Waals surface area (Å²) in [4.78, 5) is 10.8. The Bertz CT molecular complexity index is 585. The van der Waals surface area contributed by atoms with E-state index >= 15 is 0 Å². The number of hydrogen-bond acceptors (Lipinski definition) is 5. The Balaban J connectivity index is 2.02. The largest absolute Gasteiger partial charge is 0.433 e. The van der Waals surface area contributed by atoms with Gasteiger partial charge in [0, 0.05) is 4.90 Å². The van der Waals surface area contributed by atoms with Crippen LogP contribution >= 0.6 is 23.4 Å². The van der Waals surface area contributed by atoms with E-state index in [1.807, 2.05) is 6.07 Å². The Labute approximate surface area is 112 Å². The Morgan fingerprint density at radius 2 is 2.17 bits per heavy atom. The Morgan fingerprint density at radius 1 is 1.39 bits per heavy atom. The Hall–Kier alpha value is -1.66. The molecule has 1 aromatic heterocycles. The van der Waals surface area contributed by atoms with E-state index in [0.29, 0.717) is 22.2 Å². The van der Waals surface area contributed by atoms with Crippen LogP contribution in [0.3, 0.4) is 0 Å². The number of nitro groups is 1. The molecular weight excluding hydrogens is 276 g/mol. The number of halogens is 1. The molecule has 18 heavy (non-hydrogen) atoms. The van der Waals surface area contributed by atoms with Gasteiger partial charge in [0.15, 0.2) is 0 Å². The van der Waals surface area contributed by atoms with Gasteiger partial charge >= 0.3 is 5.88 Å². The van der Waals surface area contributed by atoms with Crippen LogP contribution in [0.15, 0.2) is 39.6 Å². The highest BCUT2D eigenvalue weighted by atomic mass is 35.5. The lowest BCUT2D eigenvalue weighted by Crippen LogP contribution is -1.86. The minimum absolute atomic E-state index is 0.249. The summed E-state index contributed by atoms with van der Waals surface area (Å²) in [6.07, 6.45) is 0. The highest BCUT2D eigenvalue weighted by molar-refractivity contribution is 7.98. The molecule has 0 fully saturated rings. The van der Waals surface area contributed by atoms with Crippen molar-refractivity contribution in [2.45, 2.75) is 10.6 Å². The molecular formula is C11H9ClN2O3S. The molecule has 0 radical (unpaired) electrons. The first-order valence-corrected chi connectivity index (χ1v) is 6.33. The molecule has 2 rings (SSSR count). The lowest BCUT2D eigenvalue weighted by atomic mass is 10.3. The SMILES string of the molecule is Nc1ccc(SCc2ccc([N+](=O)[O-])o2)cc1Cl. The summed E-state index contributed by atoms with van der Waals surface area (Å²) >= 11 is 7.36. The van der Waals surface area contributed by atoms with E-state index in [9.17, 15) is 10.1 Å². The second kappa shape index (κ2) is 5.32. The van der Waals surface area contributed by atoms with Crippen LogP contribution in [0.2, 0.25) is 5.02 Å². The molecule has 0 amide bonds. The van der Waals surface area contributed by atoms with Gasteiger partial charge in [-0.05, 0) is 24.3 Å². The summed E-state index contributed by atoms with van der Waals surface area (Å²) in [7, 11) is 0. The summed E-state index contributed by atoms with van der Waals surface area (Å²) in [5.41, 5.74) is 6.12. The van der Waals surface area contributed by atoms with Gasteiger partial charge in [0.05, 0.1) is 22.5 Å². The van der Waals surface area contributed by atoms with Crippen molar-refractivity contribution in [1.82, 2.24) is 0 Å². The first-order chi connectivity index (χ1) is 8.56. The van der Waals surface area contributed by atoms with Crippen molar-refractivity contribution < 1.29 is 9.34 Å². The Kier molecular flexibility index (Phi) is 3.78. The first kappa shape index (κ1) is 12.8. The molecule has 0 aliphatic heterocycles. The van der Waals surface area contributed by atoms with E-state index in [0.717, 1.165) is 4.90 Å². The summed E-state index contributed by atoms with van der Waals surface area (Å²) in [6, 6.07) is 8.23. The second-order valence-corrected chi connectivity index (χ2v) is 4.93. The molecule has 2 aromatic rings. The fourth-order valence-electron chi connectivity index (χ4n) is 1.29. The molecule has 0 unspecified atom stereocenters. The van der Waals surface area contributed by atoms with Crippen LogP contribution < -0.4 is 5.73 Å². The summed E-state index contributed by atoms with van der Waals surface area (Å²) < 4.78 is 5.04. The zero-order chi connectivity index (χ0) is 13.1. The van der Waals surface area contributed by atoms with Crippen LogP contribution in [-0.4, -0.2) is 4.92 Å². The van der Waals surface area contributed by atoms with E-state index in [2.05, 4.69) is 0 Å². The van der Waals surface area contributed by atoms with Crippen molar-refractivity contribution in [1.29, 1.82) is 0 Å². The maximum Gasteiger partial charge on any atom is 0.433 e. The predicted molar refractivity (Wildman–Crippen MR) is 70.8 cm³/mol. The summed E-state index contributed by atoms with van der Waals surface area (Å²) in [5.74, 6) is 0.786. The van der Waals surface area contributed by atoms with Crippen molar-refractivity contribution in [2.24, 2.45) is 0 Å². The molecule has 94 valence electrons. The van der Waals surface area contributed by atoms with Gasteiger partial charge in [-0.15, -0.1) is 11.8 Å². The third-order valence-electron chi connectivity index (χ3n) is 2.18. The lowest BCUT2D eigenvalue weighted by Gasteiger charge is -2.02. The normalized spacial score (nSPS) is 10.5. The van der Waals surface area contributed by atoms with E-state index in [1.165, 1.54) is 17.8 Å². The quantitative estimate of drug-likeness (QED) is 0.400. The lowest BCUT2D eigenvalue weighted by molar-refractivity contribution is -0.402. The smallest absolute Gasteiger partial charge is 0.405 e. The third kappa shape index (κ3) is 2.96. The van der Waals surface area contributed by atoms with E-state index < -0.39 is 4.92 Å². The molecule has 1 aromatic carbocycles. The standard InChI is InChI=1S/C11H9ClN2O3S/c12-9-5-8(2-3-10(9)13)18-6-7-1-4-11(17-7)14(15)16/h1-5H,6,13H2. The number of nitrogen functional groups attached to an aromatic ring is 1. The maximum atomic E-state index is 10.4. The van der Waals surface area contributed by atoms with Crippen LogP contribution in [0.5, 0.6) is 0 Å². The number of nitrogens with zero attached hydrogens (tertiary/aromatic N) is 1. The highest BCUT2D eigenvalue weighted by Gasteiger charge is 2.11. The molecule has 0 aliphatic rings. The van der Waals surface area contributed by atoms with Crippen LogP contribution in [0.25, 0.3) is 0 Å². The van der Waals surface area contributed by atoms with E-state index in [-0.39, 0.29) is 5.88 Å². The first-order valence-electron chi connectivity index (χ1n) is 4.97. The molecule has 7 heteroatoms. The molecule has 0 bridgehead atoms. The average Bonchev–Trinajstić information content (AvgIpc) is 2.79. The van der Waals surface area contributed by atoms with Crippen molar-refractivity contribution in [3.63, 3.8) is 0 Å². The number of nitrogens with two attached hydrogens (primary N) is 1. The minimum Gasteiger partial charge on any atom is -0.405 e. The molecule has 0 spiro atoms. The summed E-state index contributed by atoms with van der Waals surface area (Å²) in [5, 5.41) is 10.9. The van der Waals surface area contributed by atoms with Crippen LogP contribution in [0, 0.1) is 10.1 Å². The van der Waals surface area contributed by atoms with Gasteiger partial charge in [0.2, 0.25) is 0 Å². The van der Waals surface area contributed by atoms with Crippen molar-refractivity contribution in [2.75, 3.05) is 5.73 Å². The van der Waals surface area contributed by atoms with Gasteiger partial charge in [-0.3, -0.25) is 10.1 Å². The Morgan fingerprint density at radius 3 is 2.78 bits per heavy atom. The minimum atomic E-state index is -0.561. The topological polar surface area (TPSA) is 82.3 Å². The van der Waals surface area contributed by atoms with Crippen LogP contribution in [-0.2, 0) is 5.75 Å². The fourth-order valence-corrected chi connectivity index (χ4v) is 2.37. The number of benzene rings is 1. The van der Waals surface area contributed by atoms with E-state index in [4.69, 9.17) is 21.8 Å². The van der Waals surface area contributed by atoms with Gasteiger partial charge in [-0.25, -0.2) is 0 Å². The zero-order valence-corrected chi connectivity index (χ0v) is 10.7. The molecule has 0 atom stereocenters. The van der Waals surface area contributed by atoms with Crippen molar-refractivity contribution in [3.8, 4) is 0 Å². The van der Waals surface area contributed by atoms with Gasteiger partial charge in [0.25, 0.3) is 0 Å². The fraction of sp³-hybridized carbons (Fsp3) is 0.0909. The van der Waals surface area contributed by atoms with Crippen molar-refractivity contribution >= 4 is 34.9 Å². The van der Waals surface area contributed by atoms with E-state index in [1.54, 1.807) is 18.2 Å². The van der Waals surface area contributed by atoms with Crippen LogP contribution in [0.4, 0.5) is 11.6 Å². The number of furan rings is 1. The highest BCUT2D eigenvalue weighted by Crippen LogP contribution is 2.29. The third-order valence-corrected chi connectivity index (χ3v) is 3.52. The van der Waals surface area contributed by atoms with Crippen molar-refractivity contribution in [3.05, 3.63) is 51.2 Å². The number of rotatable bonds is 4. The monoisotopic (exact) mass is 284 g/mol. The predicted octanol–water partition coefficient (Wildman–Crippen LogP) is 3.72. The van der Waals surface area contributed by atoms with Crippen LogP contribution in [0.1, 0.15) is 5.76 Å². The van der Waals surface area contributed by atoms with Gasteiger partial charge < -0.3 is 10.2 Å². The zero-order valence-electron chi connectivity index (χ0n) is 9.13. The van der Waals surface area contributed by atoms with Gasteiger partial charge in [-0.2, -0.15) is 0 Å². The maximum absolute atomic E-state index is 10.4. The van der Waals surface area contributed by atoms with Gasteiger partial charge in [-0.1, -0.05) is 11.6 Å². The second-order valence-electron chi connectivity index (χ2n) is 3.47.